The Balaban J connectivity index is 1.42. The van der Waals surface area contributed by atoms with Crippen LogP contribution in [0.1, 0.15) is 19.3 Å². The van der Waals surface area contributed by atoms with Crippen molar-refractivity contribution >= 4 is 17.5 Å². The number of amides is 2. The zero-order chi connectivity index (χ0) is 17.2. The normalized spacial score (nSPS) is 25.8. The van der Waals surface area contributed by atoms with Gasteiger partial charge in [0.15, 0.2) is 11.5 Å². The first-order valence-electron chi connectivity index (χ1n) is 8.92. The second-order valence-corrected chi connectivity index (χ2v) is 6.79. The van der Waals surface area contributed by atoms with Gasteiger partial charge in [-0.2, -0.15) is 0 Å². The first kappa shape index (κ1) is 16.2. The smallest absolute Gasteiger partial charge is 0.227 e. The predicted molar refractivity (Wildman–Crippen MR) is 91.9 cm³/mol. The lowest BCUT2D eigenvalue weighted by Gasteiger charge is -2.25. The van der Waals surface area contributed by atoms with Crippen molar-refractivity contribution in [2.75, 3.05) is 37.7 Å². The second kappa shape index (κ2) is 6.92. The van der Waals surface area contributed by atoms with Crippen LogP contribution in [0, 0.1) is 5.92 Å². The van der Waals surface area contributed by atoms with Gasteiger partial charge in [-0.05, 0) is 31.5 Å². The van der Waals surface area contributed by atoms with E-state index >= 15 is 0 Å². The van der Waals surface area contributed by atoms with Gasteiger partial charge in [0.05, 0.1) is 5.92 Å². The van der Waals surface area contributed by atoms with E-state index in [0.717, 1.165) is 31.6 Å². The maximum absolute atomic E-state index is 12.5. The molecule has 4 rings (SSSR count). The van der Waals surface area contributed by atoms with Gasteiger partial charge >= 0.3 is 0 Å². The van der Waals surface area contributed by atoms with Gasteiger partial charge in [-0.15, -0.1) is 0 Å². The lowest BCUT2D eigenvalue weighted by molar-refractivity contribution is -0.127. The van der Waals surface area contributed by atoms with E-state index < -0.39 is 0 Å². The molecule has 25 heavy (non-hydrogen) atoms. The van der Waals surface area contributed by atoms with Crippen LogP contribution in [0.2, 0.25) is 0 Å². The first-order valence-corrected chi connectivity index (χ1v) is 8.92. The van der Waals surface area contributed by atoms with Crippen LogP contribution in [0.25, 0.3) is 0 Å². The number of anilines is 1. The predicted octanol–water partition coefficient (Wildman–Crippen LogP) is 0.679. The molecule has 1 aromatic carbocycles. The Morgan fingerprint density at radius 3 is 2.88 bits per heavy atom. The molecule has 0 aromatic heterocycles. The van der Waals surface area contributed by atoms with Crippen LogP contribution in [0.3, 0.4) is 0 Å². The highest BCUT2D eigenvalue weighted by molar-refractivity contribution is 6.00. The molecule has 0 aliphatic carbocycles. The minimum absolute atomic E-state index is 0.0258. The number of hydrogen-bond donors (Lipinski definition) is 2. The topological polar surface area (TPSA) is 79.9 Å². The fourth-order valence-corrected chi connectivity index (χ4v) is 3.63. The standard InChI is InChI=1S/C18H23N3O4/c22-17-8-12(18(23)20-13-2-1-5-19-10-13)11-21(17)14-3-4-15-16(9-14)25-7-6-24-15/h3-4,9,12-13,19H,1-2,5-8,10-11H2,(H,20,23). The molecule has 2 amide bonds. The Kier molecular flexibility index (Phi) is 4.48. The van der Waals surface area contributed by atoms with Gasteiger partial charge in [0, 0.05) is 37.3 Å². The average Bonchev–Trinajstić information content (AvgIpc) is 3.04. The second-order valence-electron chi connectivity index (χ2n) is 6.79. The highest BCUT2D eigenvalue weighted by Gasteiger charge is 2.36. The molecule has 2 fully saturated rings. The number of hydrogen-bond acceptors (Lipinski definition) is 5. The lowest BCUT2D eigenvalue weighted by Crippen LogP contribution is -2.47. The summed E-state index contributed by atoms with van der Waals surface area (Å²) >= 11 is 0. The van der Waals surface area contributed by atoms with Crippen LogP contribution in [0.5, 0.6) is 11.5 Å². The number of fused-ring (bicyclic) bond motifs is 1. The molecule has 3 aliphatic heterocycles. The number of nitrogens with zero attached hydrogens (tertiary/aromatic N) is 1. The summed E-state index contributed by atoms with van der Waals surface area (Å²) in [5, 5.41) is 6.36. The molecule has 7 heteroatoms. The van der Waals surface area contributed by atoms with Gasteiger partial charge in [-0.1, -0.05) is 0 Å². The number of piperidine rings is 1. The first-order chi connectivity index (χ1) is 12.2. The molecule has 0 spiro atoms. The SMILES string of the molecule is O=C(NC1CCCNC1)C1CC(=O)N(c2ccc3c(c2)OCCO3)C1. The molecular weight excluding hydrogens is 322 g/mol. The molecule has 2 unspecified atom stereocenters. The van der Waals surface area contributed by atoms with Crippen molar-refractivity contribution in [1.29, 1.82) is 0 Å². The minimum Gasteiger partial charge on any atom is -0.486 e. The van der Waals surface area contributed by atoms with Gasteiger partial charge in [-0.3, -0.25) is 9.59 Å². The molecule has 7 nitrogen and oxygen atoms in total. The fourth-order valence-electron chi connectivity index (χ4n) is 3.63. The van der Waals surface area contributed by atoms with Crippen LogP contribution in [-0.4, -0.2) is 50.7 Å². The summed E-state index contributed by atoms with van der Waals surface area (Å²) in [5.41, 5.74) is 0.754. The quantitative estimate of drug-likeness (QED) is 0.842. The number of ether oxygens (including phenoxy) is 2. The molecule has 0 saturated carbocycles. The summed E-state index contributed by atoms with van der Waals surface area (Å²) in [5.74, 6) is 0.988. The largest absolute Gasteiger partial charge is 0.486 e. The molecule has 3 aliphatic rings. The summed E-state index contributed by atoms with van der Waals surface area (Å²) in [6, 6.07) is 5.65. The maximum atomic E-state index is 12.5. The van der Waals surface area contributed by atoms with E-state index in [1.165, 1.54) is 0 Å². The van der Waals surface area contributed by atoms with Crippen LogP contribution < -0.4 is 25.0 Å². The number of carbonyl (C=O) groups is 2. The summed E-state index contributed by atoms with van der Waals surface area (Å²) in [7, 11) is 0. The minimum atomic E-state index is -0.303. The van der Waals surface area contributed by atoms with Crippen molar-refractivity contribution in [1.82, 2.24) is 10.6 Å². The van der Waals surface area contributed by atoms with E-state index in [2.05, 4.69) is 10.6 Å². The van der Waals surface area contributed by atoms with Crippen LogP contribution in [0.4, 0.5) is 5.69 Å². The zero-order valence-corrected chi connectivity index (χ0v) is 14.1. The lowest BCUT2D eigenvalue weighted by atomic mass is 10.0. The third-order valence-electron chi connectivity index (χ3n) is 4.98. The Labute approximate surface area is 146 Å². The van der Waals surface area contributed by atoms with Gasteiger partial charge in [-0.25, -0.2) is 0 Å². The average molecular weight is 345 g/mol. The monoisotopic (exact) mass is 345 g/mol. The van der Waals surface area contributed by atoms with Crippen molar-refractivity contribution in [2.45, 2.75) is 25.3 Å². The molecule has 2 N–H and O–H groups in total. The Hall–Kier alpha value is -2.28. The van der Waals surface area contributed by atoms with E-state index in [4.69, 9.17) is 9.47 Å². The maximum Gasteiger partial charge on any atom is 0.227 e. The summed E-state index contributed by atoms with van der Waals surface area (Å²) < 4.78 is 11.1. The Morgan fingerprint density at radius 1 is 1.24 bits per heavy atom. The highest BCUT2D eigenvalue weighted by Crippen LogP contribution is 2.36. The van der Waals surface area contributed by atoms with Crippen molar-refractivity contribution in [3.8, 4) is 11.5 Å². The Bertz CT molecular complexity index is 672. The van der Waals surface area contributed by atoms with E-state index in [-0.39, 0.29) is 30.2 Å². The van der Waals surface area contributed by atoms with Crippen molar-refractivity contribution in [3.63, 3.8) is 0 Å². The van der Waals surface area contributed by atoms with E-state index in [0.29, 0.717) is 31.3 Å². The Morgan fingerprint density at radius 2 is 2.08 bits per heavy atom. The molecular formula is C18H23N3O4. The van der Waals surface area contributed by atoms with Gasteiger partial charge < -0.3 is 25.0 Å². The van der Waals surface area contributed by atoms with Crippen LogP contribution in [0.15, 0.2) is 18.2 Å². The van der Waals surface area contributed by atoms with E-state index in [1.54, 1.807) is 4.90 Å². The molecule has 1 aromatic rings. The zero-order valence-electron chi connectivity index (χ0n) is 14.1. The van der Waals surface area contributed by atoms with Gasteiger partial charge in [0.1, 0.15) is 13.2 Å². The molecule has 3 heterocycles. The van der Waals surface area contributed by atoms with Crippen molar-refractivity contribution in [2.24, 2.45) is 5.92 Å². The van der Waals surface area contributed by atoms with Crippen LogP contribution >= 0.6 is 0 Å². The van der Waals surface area contributed by atoms with Crippen LogP contribution in [-0.2, 0) is 9.59 Å². The third kappa shape index (κ3) is 3.42. The molecule has 134 valence electrons. The number of benzene rings is 1. The van der Waals surface area contributed by atoms with Crippen molar-refractivity contribution < 1.29 is 19.1 Å². The molecule has 0 radical (unpaired) electrons. The van der Waals surface area contributed by atoms with Crippen molar-refractivity contribution in [3.05, 3.63) is 18.2 Å². The third-order valence-corrected chi connectivity index (χ3v) is 4.98. The highest BCUT2D eigenvalue weighted by atomic mass is 16.6. The van der Waals surface area contributed by atoms with Gasteiger partial charge in [0.25, 0.3) is 0 Å². The summed E-state index contributed by atoms with van der Waals surface area (Å²) in [4.78, 5) is 26.6. The van der Waals surface area contributed by atoms with E-state index in [1.807, 2.05) is 18.2 Å². The molecule has 2 saturated heterocycles. The summed E-state index contributed by atoms with van der Waals surface area (Å²) in [6.45, 7) is 3.26. The van der Waals surface area contributed by atoms with E-state index in [9.17, 15) is 9.59 Å². The fraction of sp³-hybridized carbons (Fsp3) is 0.556. The number of carbonyl (C=O) groups excluding carboxylic acids is 2. The number of rotatable bonds is 3. The molecule has 2 atom stereocenters. The molecule has 0 bridgehead atoms. The van der Waals surface area contributed by atoms with Gasteiger partial charge in [0.2, 0.25) is 11.8 Å². The number of nitrogens with one attached hydrogen (secondary N) is 2. The summed E-state index contributed by atoms with van der Waals surface area (Å²) in [6.07, 6.45) is 2.31.